The summed E-state index contributed by atoms with van der Waals surface area (Å²) >= 11 is 12.1. The number of benzene rings is 2. The molecule has 0 amide bonds. The molecule has 0 radical (unpaired) electrons. The van der Waals surface area contributed by atoms with Crippen molar-refractivity contribution in [3.05, 3.63) is 62.9 Å². The summed E-state index contributed by atoms with van der Waals surface area (Å²) in [6.07, 6.45) is 0.817. The summed E-state index contributed by atoms with van der Waals surface area (Å²) in [6.45, 7) is 0.622. The number of fused-ring (bicyclic) bond motifs is 1. The Morgan fingerprint density at radius 3 is 2.81 bits per heavy atom. The third-order valence-electron chi connectivity index (χ3n) is 3.67. The molecule has 1 N–H and O–H groups in total. The van der Waals surface area contributed by atoms with Gasteiger partial charge in [-0.2, -0.15) is 0 Å². The highest BCUT2D eigenvalue weighted by Crippen LogP contribution is 2.39. The summed E-state index contributed by atoms with van der Waals surface area (Å²) in [5, 5.41) is 3.85. The van der Waals surface area contributed by atoms with Gasteiger partial charge in [0.05, 0.1) is 17.7 Å². The quantitative estimate of drug-likeness (QED) is 0.904. The summed E-state index contributed by atoms with van der Waals surface area (Å²) in [5.41, 5.74) is 2.36. The van der Waals surface area contributed by atoms with Crippen LogP contribution in [0.25, 0.3) is 0 Å². The normalized spacial score (nSPS) is 14.7. The molecule has 1 aliphatic heterocycles. The molecule has 0 aliphatic carbocycles. The lowest BCUT2D eigenvalue weighted by Gasteiger charge is -2.21. The first-order valence-corrected chi connectivity index (χ1v) is 7.43. The Morgan fingerprint density at radius 2 is 2.05 bits per heavy atom. The van der Waals surface area contributed by atoms with Gasteiger partial charge in [0.25, 0.3) is 0 Å². The van der Waals surface area contributed by atoms with Gasteiger partial charge in [0.15, 0.2) is 0 Å². The van der Waals surface area contributed by atoms with Gasteiger partial charge in [0, 0.05) is 22.6 Å². The van der Waals surface area contributed by atoms with Crippen molar-refractivity contribution in [2.45, 2.75) is 12.5 Å². The first kappa shape index (κ1) is 14.6. The third kappa shape index (κ3) is 2.61. The van der Waals surface area contributed by atoms with Gasteiger partial charge in [-0.1, -0.05) is 35.3 Å². The van der Waals surface area contributed by atoms with Crippen LogP contribution in [-0.2, 0) is 6.42 Å². The SMILES string of the molecule is CNC(c1cccc(Cl)c1F)c1cc(Cl)cc2c1OCC2. The molecule has 2 aromatic carbocycles. The van der Waals surface area contributed by atoms with E-state index in [2.05, 4.69) is 5.32 Å². The molecule has 1 aliphatic rings. The number of hydrogen-bond acceptors (Lipinski definition) is 2. The minimum absolute atomic E-state index is 0.104. The van der Waals surface area contributed by atoms with Crippen molar-refractivity contribution in [1.29, 1.82) is 0 Å². The molecule has 0 bridgehead atoms. The summed E-state index contributed by atoms with van der Waals surface area (Å²) in [7, 11) is 1.77. The second kappa shape index (κ2) is 5.84. The van der Waals surface area contributed by atoms with Crippen LogP contribution in [0, 0.1) is 5.82 Å². The largest absolute Gasteiger partial charge is 0.493 e. The molecular formula is C16H14Cl2FNO. The van der Waals surface area contributed by atoms with Crippen LogP contribution in [0.3, 0.4) is 0 Å². The topological polar surface area (TPSA) is 21.3 Å². The molecule has 2 nitrogen and oxygen atoms in total. The number of rotatable bonds is 3. The van der Waals surface area contributed by atoms with Crippen molar-refractivity contribution < 1.29 is 9.13 Å². The highest BCUT2D eigenvalue weighted by atomic mass is 35.5. The summed E-state index contributed by atoms with van der Waals surface area (Å²) in [5.74, 6) is 0.364. The Morgan fingerprint density at radius 1 is 1.24 bits per heavy atom. The van der Waals surface area contributed by atoms with Crippen LogP contribution < -0.4 is 10.1 Å². The van der Waals surface area contributed by atoms with Gasteiger partial charge in [-0.25, -0.2) is 4.39 Å². The van der Waals surface area contributed by atoms with Crippen molar-refractivity contribution >= 4 is 23.2 Å². The zero-order valence-electron chi connectivity index (χ0n) is 11.4. The van der Waals surface area contributed by atoms with Crippen LogP contribution in [0.5, 0.6) is 5.75 Å². The third-order valence-corrected chi connectivity index (χ3v) is 4.18. The number of nitrogens with one attached hydrogen (secondary N) is 1. The zero-order chi connectivity index (χ0) is 15.0. The highest BCUT2D eigenvalue weighted by molar-refractivity contribution is 6.31. The Balaban J connectivity index is 2.15. The van der Waals surface area contributed by atoms with E-state index in [0.29, 0.717) is 17.2 Å². The molecule has 110 valence electrons. The summed E-state index contributed by atoms with van der Waals surface area (Å²) in [4.78, 5) is 0. The van der Waals surface area contributed by atoms with E-state index in [1.54, 1.807) is 19.2 Å². The maximum atomic E-state index is 14.3. The second-order valence-electron chi connectivity index (χ2n) is 4.95. The Labute approximate surface area is 132 Å². The molecular weight excluding hydrogens is 312 g/mol. The molecule has 5 heteroatoms. The molecule has 0 spiro atoms. The van der Waals surface area contributed by atoms with Crippen LogP contribution in [0.15, 0.2) is 30.3 Å². The fourth-order valence-corrected chi connectivity index (χ4v) is 3.17. The van der Waals surface area contributed by atoms with E-state index >= 15 is 0 Å². The molecule has 0 aromatic heterocycles. The van der Waals surface area contributed by atoms with Gasteiger partial charge in [0.2, 0.25) is 0 Å². The molecule has 3 rings (SSSR count). The number of hydrogen-bond donors (Lipinski definition) is 1. The zero-order valence-corrected chi connectivity index (χ0v) is 12.9. The molecule has 0 saturated heterocycles. The van der Waals surface area contributed by atoms with Gasteiger partial charge in [-0.05, 0) is 30.8 Å². The second-order valence-corrected chi connectivity index (χ2v) is 5.79. The molecule has 2 aromatic rings. The molecule has 21 heavy (non-hydrogen) atoms. The molecule has 1 heterocycles. The molecule has 0 fully saturated rings. The van der Waals surface area contributed by atoms with Gasteiger partial charge in [0.1, 0.15) is 11.6 Å². The fourth-order valence-electron chi connectivity index (χ4n) is 2.73. The standard InChI is InChI=1S/C16H14Cl2FNO/c1-20-15(11-3-2-4-13(18)14(11)19)12-8-10(17)7-9-5-6-21-16(9)12/h2-4,7-8,15,20H,5-6H2,1H3. The van der Waals surface area contributed by atoms with Crippen molar-refractivity contribution in [3.63, 3.8) is 0 Å². The average Bonchev–Trinajstić information content (AvgIpc) is 2.92. The monoisotopic (exact) mass is 325 g/mol. The fraction of sp³-hybridized carbons (Fsp3) is 0.250. The van der Waals surface area contributed by atoms with Crippen LogP contribution in [0.1, 0.15) is 22.7 Å². The minimum atomic E-state index is -0.426. The lowest BCUT2D eigenvalue weighted by atomic mass is 9.95. The lowest BCUT2D eigenvalue weighted by molar-refractivity contribution is 0.350. The minimum Gasteiger partial charge on any atom is -0.493 e. The van der Waals surface area contributed by atoms with Gasteiger partial charge >= 0.3 is 0 Å². The summed E-state index contributed by atoms with van der Waals surface area (Å²) < 4.78 is 20.0. The maximum absolute atomic E-state index is 14.3. The van der Waals surface area contributed by atoms with Crippen LogP contribution in [0.2, 0.25) is 10.0 Å². The maximum Gasteiger partial charge on any atom is 0.146 e. The van der Waals surface area contributed by atoms with Crippen molar-refractivity contribution in [2.75, 3.05) is 13.7 Å². The molecule has 1 unspecified atom stereocenters. The van der Waals surface area contributed by atoms with E-state index in [-0.39, 0.29) is 11.1 Å². The molecule has 0 saturated carbocycles. The predicted octanol–water partition coefficient (Wildman–Crippen LogP) is 4.38. The summed E-state index contributed by atoms with van der Waals surface area (Å²) in [6, 6.07) is 8.32. The lowest BCUT2D eigenvalue weighted by Crippen LogP contribution is -2.20. The van der Waals surface area contributed by atoms with Crippen molar-refractivity contribution in [3.8, 4) is 5.75 Å². The van der Waals surface area contributed by atoms with E-state index in [9.17, 15) is 4.39 Å². The smallest absolute Gasteiger partial charge is 0.146 e. The first-order valence-electron chi connectivity index (χ1n) is 6.68. The first-order chi connectivity index (χ1) is 10.1. The van der Waals surface area contributed by atoms with Gasteiger partial charge < -0.3 is 10.1 Å². The van der Waals surface area contributed by atoms with Crippen molar-refractivity contribution in [2.24, 2.45) is 0 Å². The van der Waals surface area contributed by atoms with Gasteiger partial charge in [-0.3, -0.25) is 0 Å². The van der Waals surface area contributed by atoms with Crippen LogP contribution in [-0.4, -0.2) is 13.7 Å². The van der Waals surface area contributed by atoms with Gasteiger partial charge in [-0.15, -0.1) is 0 Å². The number of ether oxygens (including phenoxy) is 1. The number of halogens is 3. The highest BCUT2D eigenvalue weighted by Gasteiger charge is 2.26. The van der Waals surface area contributed by atoms with Crippen LogP contribution >= 0.6 is 23.2 Å². The Kier molecular flexibility index (Phi) is 4.07. The average molecular weight is 326 g/mol. The van der Waals surface area contributed by atoms with Crippen LogP contribution in [0.4, 0.5) is 4.39 Å². The predicted molar refractivity (Wildman–Crippen MR) is 83.0 cm³/mol. The Bertz CT molecular complexity index is 690. The van der Waals surface area contributed by atoms with E-state index in [0.717, 1.165) is 23.3 Å². The molecule has 1 atom stereocenters. The van der Waals surface area contributed by atoms with E-state index < -0.39 is 5.82 Å². The van der Waals surface area contributed by atoms with E-state index in [1.807, 2.05) is 12.1 Å². The van der Waals surface area contributed by atoms with E-state index in [4.69, 9.17) is 27.9 Å². The van der Waals surface area contributed by atoms with Crippen molar-refractivity contribution in [1.82, 2.24) is 5.32 Å². The Hall–Kier alpha value is -1.29. The van der Waals surface area contributed by atoms with E-state index in [1.165, 1.54) is 6.07 Å².